The molecule has 1 atom stereocenters. The summed E-state index contributed by atoms with van der Waals surface area (Å²) in [7, 11) is 0. The SMILES string of the molecule is Cc1ccc2ccccc2c1C(NC(=O)c1ccccc1)(C(=O)O)C(F)(F)F. The third kappa shape index (κ3) is 3.09. The van der Waals surface area contributed by atoms with Crippen molar-refractivity contribution in [2.45, 2.75) is 18.6 Å². The van der Waals surface area contributed by atoms with Crippen LogP contribution >= 0.6 is 0 Å². The number of carbonyl (C=O) groups is 2. The molecule has 0 aromatic heterocycles. The number of aliphatic carboxylic acids is 1. The van der Waals surface area contributed by atoms with Crippen molar-refractivity contribution in [2.24, 2.45) is 0 Å². The minimum absolute atomic E-state index is 0.0738. The molecule has 0 bridgehead atoms. The first kappa shape index (κ1) is 19.4. The van der Waals surface area contributed by atoms with Gasteiger partial charge in [0.25, 0.3) is 11.4 Å². The second-order valence-electron chi connectivity index (χ2n) is 6.35. The van der Waals surface area contributed by atoms with Crippen molar-refractivity contribution in [3.05, 3.63) is 83.4 Å². The average molecular weight is 387 g/mol. The molecule has 28 heavy (non-hydrogen) atoms. The topological polar surface area (TPSA) is 66.4 Å². The van der Waals surface area contributed by atoms with Gasteiger partial charge >= 0.3 is 12.1 Å². The molecule has 0 fully saturated rings. The van der Waals surface area contributed by atoms with E-state index in [0.29, 0.717) is 5.39 Å². The number of hydrogen-bond donors (Lipinski definition) is 2. The van der Waals surface area contributed by atoms with E-state index in [0.717, 1.165) is 0 Å². The molecule has 2 N–H and O–H groups in total. The first-order valence-corrected chi connectivity index (χ1v) is 8.35. The Morgan fingerprint density at radius 3 is 2.11 bits per heavy atom. The smallest absolute Gasteiger partial charge is 0.426 e. The third-order valence-corrected chi connectivity index (χ3v) is 4.60. The standard InChI is InChI=1S/C21H16F3NO3/c1-13-11-12-14-7-5-6-10-16(14)17(13)20(19(27)28,21(22,23)24)25-18(26)15-8-3-2-4-9-15/h2-12H,1H3,(H,25,26)(H,27,28). The van der Waals surface area contributed by atoms with Gasteiger partial charge in [0.15, 0.2) is 0 Å². The maximum atomic E-state index is 14.3. The molecule has 7 heteroatoms. The first-order valence-electron chi connectivity index (χ1n) is 8.35. The monoisotopic (exact) mass is 387 g/mol. The third-order valence-electron chi connectivity index (χ3n) is 4.60. The minimum Gasteiger partial charge on any atom is -0.479 e. The fourth-order valence-corrected chi connectivity index (χ4v) is 3.27. The van der Waals surface area contributed by atoms with Crippen molar-refractivity contribution in [3.8, 4) is 0 Å². The number of amides is 1. The van der Waals surface area contributed by atoms with Crippen LogP contribution in [0.1, 0.15) is 21.5 Å². The fourth-order valence-electron chi connectivity index (χ4n) is 3.27. The summed E-state index contributed by atoms with van der Waals surface area (Å²) in [4.78, 5) is 24.7. The van der Waals surface area contributed by atoms with Crippen LogP contribution < -0.4 is 5.32 Å². The maximum Gasteiger partial charge on any atom is 0.426 e. The number of carboxylic acid groups (broad SMARTS) is 1. The minimum atomic E-state index is -5.29. The predicted octanol–water partition coefficient (Wildman–Crippen LogP) is 4.42. The van der Waals surface area contributed by atoms with Crippen molar-refractivity contribution in [1.82, 2.24) is 5.32 Å². The molecular weight excluding hydrogens is 371 g/mol. The summed E-state index contributed by atoms with van der Waals surface area (Å²) in [6.07, 6.45) is -5.29. The van der Waals surface area contributed by atoms with E-state index < -0.39 is 29.2 Å². The number of aryl methyl sites for hydroxylation is 1. The van der Waals surface area contributed by atoms with Gasteiger partial charge in [-0.25, -0.2) is 4.79 Å². The van der Waals surface area contributed by atoms with Crippen molar-refractivity contribution in [1.29, 1.82) is 0 Å². The molecule has 0 aliphatic rings. The van der Waals surface area contributed by atoms with Crippen LogP contribution in [0.4, 0.5) is 13.2 Å². The van der Waals surface area contributed by atoms with Crippen molar-refractivity contribution in [2.75, 3.05) is 0 Å². The van der Waals surface area contributed by atoms with Gasteiger partial charge in [0, 0.05) is 11.1 Å². The molecule has 3 aromatic rings. The van der Waals surface area contributed by atoms with E-state index in [1.807, 2.05) is 0 Å². The average Bonchev–Trinajstić information content (AvgIpc) is 2.66. The van der Waals surface area contributed by atoms with E-state index in [1.165, 1.54) is 49.4 Å². The molecule has 0 radical (unpaired) electrons. The van der Waals surface area contributed by atoms with Gasteiger partial charge in [0.1, 0.15) is 0 Å². The highest BCUT2D eigenvalue weighted by molar-refractivity contribution is 6.01. The normalized spacial score (nSPS) is 13.7. The lowest BCUT2D eigenvalue weighted by atomic mass is 9.82. The molecule has 1 unspecified atom stereocenters. The van der Waals surface area contributed by atoms with E-state index in [4.69, 9.17) is 0 Å². The summed E-state index contributed by atoms with van der Waals surface area (Å²) < 4.78 is 42.9. The maximum absolute atomic E-state index is 14.3. The van der Waals surface area contributed by atoms with E-state index in [2.05, 4.69) is 0 Å². The lowest BCUT2D eigenvalue weighted by Crippen LogP contribution is -2.61. The summed E-state index contributed by atoms with van der Waals surface area (Å²) in [6.45, 7) is 1.39. The number of alkyl halides is 3. The second kappa shape index (κ2) is 6.99. The number of rotatable bonds is 4. The predicted molar refractivity (Wildman–Crippen MR) is 98.0 cm³/mol. The number of halogens is 3. The van der Waals surface area contributed by atoms with E-state index in [1.54, 1.807) is 29.6 Å². The Hall–Kier alpha value is -3.35. The van der Waals surface area contributed by atoms with Gasteiger partial charge in [0.05, 0.1) is 0 Å². The van der Waals surface area contributed by atoms with E-state index in [9.17, 15) is 27.9 Å². The number of fused-ring (bicyclic) bond motifs is 1. The molecule has 4 nitrogen and oxygen atoms in total. The second-order valence-corrected chi connectivity index (χ2v) is 6.35. The van der Waals surface area contributed by atoms with Crippen LogP contribution in [0.3, 0.4) is 0 Å². The summed E-state index contributed by atoms with van der Waals surface area (Å²) in [5, 5.41) is 12.1. The fraction of sp³-hybridized carbons (Fsp3) is 0.143. The Morgan fingerprint density at radius 2 is 1.50 bits per heavy atom. The van der Waals surface area contributed by atoms with Gasteiger partial charge in [-0.3, -0.25) is 4.79 Å². The molecule has 3 aromatic carbocycles. The highest BCUT2D eigenvalue weighted by Gasteiger charge is 2.64. The highest BCUT2D eigenvalue weighted by Crippen LogP contribution is 2.44. The number of nitrogens with one attached hydrogen (secondary N) is 1. The Morgan fingerprint density at radius 1 is 0.893 bits per heavy atom. The number of carboxylic acids is 1. The van der Waals surface area contributed by atoms with Gasteiger partial charge in [-0.15, -0.1) is 0 Å². The summed E-state index contributed by atoms with van der Waals surface area (Å²) in [5.41, 5.74) is -4.08. The molecule has 1 amide bonds. The van der Waals surface area contributed by atoms with E-state index >= 15 is 0 Å². The van der Waals surface area contributed by atoms with Gasteiger partial charge in [0.2, 0.25) is 0 Å². The Labute approximate surface area is 158 Å². The van der Waals surface area contributed by atoms with Crippen LogP contribution in [0.2, 0.25) is 0 Å². The van der Waals surface area contributed by atoms with Crippen LogP contribution in [0.25, 0.3) is 10.8 Å². The van der Waals surface area contributed by atoms with Crippen LogP contribution in [0.5, 0.6) is 0 Å². The van der Waals surface area contributed by atoms with Crippen LogP contribution in [0, 0.1) is 6.92 Å². The van der Waals surface area contributed by atoms with Crippen LogP contribution in [0.15, 0.2) is 66.7 Å². The molecule has 3 rings (SSSR count). The van der Waals surface area contributed by atoms with Crippen molar-refractivity contribution >= 4 is 22.6 Å². The van der Waals surface area contributed by atoms with Crippen LogP contribution in [-0.2, 0) is 10.3 Å². The van der Waals surface area contributed by atoms with Gasteiger partial charge in [-0.05, 0) is 35.4 Å². The Kier molecular flexibility index (Phi) is 4.85. The van der Waals surface area contributed by atoms with Gasteiger partial charge < -0.3 is 10.4 Å². The van der Waals surface area contributed by atoms with Crippen LogP contribution in [-0.4, -0.2) is 23.2 Å². The molecule has 0 saturated heterocycles. The number of benzene rings is 3. The quantitative estimate of drug-likeness (QED) is 0.697. The zero-order chi connectivity index (χ0) is 20.5. The van der Waals surface area contributed by atoms with Crippen molar-refractivity contribution < 1.29 is 27.9 Å². The number of carbonyl (C=O) groups excluding carboxylic acids is 1. The summed E-state index contributed by atoms with van der Waals surface area (Å²) in [6, 6.07) is 16.4. The van der Waals surface area contributed by atoms with Crippen molar-refractivity contribution in [3.63, 3.8) is 0 Å². The molecular formula is C21H16F3NO3. The Balaban J connectivity index is 2.31. The molecule has 144 valence electrons. The first-order chi connectivity index (χ1) is 13.2. The largest absolute Gasteiger partial charge is 0.479 e. The van der Waals surface area contributed by atoms with E-state index in [-0.39, 0.29) is 16.5 Å². The Bertz CT molecular complexity index is 1050. The molecule has 0 saturated carbocycles. The van der Waals surface area contributed by atoms with Gasteiger partial charge in [-0.1, -0.05) is 54.6 Å². The molecule has 0 spiro atoms. The summed E-state index contributed by atoms with van der Waals surface area (Å²) in [5.74, 6) is -3.34. The number of hydrogen-bond acceptors (Lipinski definition) is 2. The zero-order valence-corrected chi connectivity index (χ0v) is 14.7. The lowest BCUT2D eigenvalue weighted by molar-refractivity contribution is -0.210. The molecule has 0 aliphatic carbocycles. The highest BCUT2D eigenvalue weighted by atomic mass is 19.4. The zero-order valence-electron chi connectivity index (χ0n) is 14.7. The van der Waals surface area contributed by atoms with Gasteiger partial charge in [-0.2, -0.15) is 13.2 Å². The summed E-state index contributed by atoms with van der Waals surface area (Å²) >= 11 is 0. The lowest BCUT2D eigenvalue weighted by Gasteiger charge is -2.35. The molecule has 0 heterocycles. The molecule has 0 aliphatic heterocycles.